The van der Waals surface area contributed by atoms with Crippen LogP contribution in [-0.2, 0) is 12.8 Å². The van der Waals surface area contributed by atoms with Crippen LogP contribution in [0.15, 0.2) is 34.8 Å². The van der Waals surface area contributed by atoms with Crippen molar-refractivity contribution in [1.29, 1.82) is 0 Å². The molecule has 1 aliphatic rings. The van der Waals surface area contributed by atoms with E-state index in [4.69, 9.17) is 10.2 Å². The van der Waals surface area contributed by atoms with Gasteiger partial charge in [-0.3, -0.25) is 0 Å². The fourth-order valence-corrected chi connectivity index (χ4v) is 2.00. The van der Waals surface area contributed by atoms with Crippen molar-refractivity contribution < 1.29 is 4.42 Å². The van der Waals surface area contributed by atoms with E-state index in [0.29, 0.717) is 0 Å². The van der Waals surface area contributed by atoms with Crippen LogP contribution in [0.2, 0.25) is 0 Å². The van der Waals surface area contributed by atoms with E-state index in [1.165, 1.54) is 10.9 Å². The van der Waals surface area contributed by atoms with Gasteiger partial charge in [0.2, 0.25) is 0 Å². The van der Waals surface area contributed by atoms with Gasteiger partial charge in [0.15, 0.2) is 0 Å². The molecule has 1 aromatic heterocycles. The molecule has 2 N–H and O–H groups in total. The SMILES string of the molecule is Cl.Nc1ccc2c3c(oc2c1)CC=CC3. The van der Waals surface area contributed by atoms with E-state index in [-0.39, 0.29) is 12.4 Å². The summed E-state index contributed by atoms with van der Waals surface area (Å²) in [6.45, 7) is 0. The van der Waals surface area contributed by atoms with Gasteiger partial charge in [0.1, 0.15) is 11.3 Å². The normalized spacial score (nSPS) is 13.6. The van der Waals surface area contributed by atoms with E-state index in [9.17, 15) is 0 Å². The highest BCUT2D eigenvalue weighted by Gasteiger charge is 2.14. The van der Waals surface area contributed by atoms with E-state index < -0.39 is 0 Å². The van der Waals surface area contributed by atoms with Crippen LogP contribution < -0.4 is 5.73 Å². The summed E-state index contributed by atoms with van der Waals surface area (Å²) in [5, 5.41) is 1.21. The molecule has 0 spiro atoms. The minimum absolute atomic E-state index is 0. The molecule has 0 saturated carbocycles. The zero-order chi connectivity index (χ0) is 9.54. The lowest BCUT2D eigenvalue weighted by atomic mass is 10.0. The van der Waals surface area contributed by atoms with Crippen LogP contribution in [0.3, 0.4) is 0 Å². The van der Waals surface area contributed by atoms with E-state index >= 15 is 0 Å². The van der Waals surface area contributed by atoms with Crippen LogP contribution in [0.1, 0.15) is 11.3 Å². The Kier molecular flexibility index (Phi) is 2.45. The summed E-state index contributed by atoms with van der Waals surface area (Å²) in [6, 6.07) is 5.87. The summed E-state index contributed by atoms with van der Waals surface area (Å²) in [5.74, 6) is 1.09. The fourth-order valence-electron chi connectivity index (χ4n) is 2.00. The molecule has 1 heterocycles. The Labute approximate surface area is 94.2 Å². The molecule has 3 heteroatoms. The Morgan fingerprint density at radius 3 is 2.80 bits per heavy atom. The molecular formula is C12H12ClNO. The summed E-state index contributed by atoms with van der Waals surface area (Å²) < 4.78 is 5.74. The smallest absolute Gasteiger partial charge is 0.136 e. The number of nitrogens with two attached hydrogens (primary N) is 1. The summed E-state index contributed by atoms with van der Waals surface area (Å²) >= 11 is 0. The largest absolute Gasteiger partial charge is 0.460 e. The predicted molar refractivity (Wildman–Crippen MR) is 64.4 cm³/mol. The highest BCUT2D eigenvalue weighted by Crippen LogP contribution is 2.30. The van der Waals surface area contributed by atoms with Gasteiger partial charge in [0, 0.05) is 29.1 Å². The molecule has 15 heavy (non-hydrogen) atoms. The molecule has 0 atom stereocenters. The third-order valence-electron chi connectivity index (χ3n) is 2.69. The first-order valence-electron chi connectivity index (χ1n) is 4.79. The molecule has 0 bridgehead atoms. The molecule has 0 saturated heterocycles. The van der Waals surface area contributed by atoms with Crippen molar-refractivity contribution >= 4 is 29.1 Å². The highest BCUT2D eigenvalue weighted by molar-refractivity contribution is 5.85. The zero-order valence-electron chi connectivity index (χ0n) is 8.19. The Bertz CT molecular complexity index is 528. The molecule has 1 aromatic carbocycles. The van der Waals surface area contributed by atoms with E-state index in [0.717, 1.165) is 29.9 Å². The van der Waals surface area contributed by atoms with Crippen molar-refractivity contribution in [2.24, 2.45) is 0 Å². The van der Waals surface area contributed by atoms with Gasteiger partial charge in [-0.1, -0.05) is 12.2 Å². The average Bonchev–Trinajstić information content (AvgIpc) is 2.54. The lowest BCUT2D eigenvalue weighted by Crippen LogP contribution is -1.92. The van der Waals surface area contributed by atoms with Gasteiger partial charge >= 0.3 is 0 Å². The van der Waals surface area contributed by atoms with E-state index in [1.54, 1.807) is 0 Å². The Morgan fingerprint density at radius 1 is 1.13 bits per heavy atom. The first kappa shape index (κ1) is 10.1. The minimum Gasteiger partial charge on any atom is -0.460 e. The molecule has 78 valence electrons. The molecule has 0 fully saturated rings. The molecule has 2 aromatic rings. The molecular weight excluding hydrogens is 210 g/mol. The highest BCUT2D eigenvalue weighted by atomic mass is 35.5. The van der Waals surface area contributed by atoms with E-state index in [2.05, 4.69) is 12.2 Å². The van der Waals surface area contributed by atoms with Crippen molar-refractivity contribution in [3.8, 4) is 0 Å². The minimum atomic E-state index is 0. The molecule has 0 amide bonds. The van der Waals surface area contributed by atoms with Crippen LogP contribution in [0.5, 0.6) is 0 Å². The third-order valence-corrected chi connectivity index (χ3v) is 2.69. The van der Waals surface area contributed by atoms with Crippen LogP contribution in [0.4, 0.5) is 5.69 Å². The molecule has 1 aliphatic carbocycles. The van der Waals surface area contributed by atoms with Crippen LogP contribution in [0.25, 0.3) is 11.0 Å². The number of hydrogen-bond donors (Lipinski definition) is 1. The third kappa shape index (κ3) is 1.51. The maximum Gasteiger partial charge on any atom is 0.136 e. The number of allylic oxidation sites excluding steroid dienone is 2. The van der Waals surface area contributed by atoms with Gasteiger partial charge in [-0.2, -0.15) is 0 Å². The van der Waals surface area contributed by atoms with Gasteiger partial charge in [-0.25, -0.2) is 0 Å². The maximum atomic E-state index is 5.74. The number of hydrogen-bond acceptors (Lipinski definition) is 2. The van der Waals surface area contributed by atoms with Gasteiger partial charge in [0.05, 0.1) is 0 Å². The standard InChI is InChI=1S/C12H11NO.ClH/c13-8-5-6-10-9-3-1-2-4-11(9)14-12(10)7-8;/h1-2,5-7H,3-4,13H2;1H. The van der Waals surface area contributed by atoms with Gasteiger partial charge in [0.25, 0.3) is 0 Å². The Morgan fingerprint density at radius 2 is 1.93 bits per heavy atom. The number of benzene rings is 1. The quantitative estimate of drug-likeness (QED) is 0.549. The van der Waals surface area contributed by atoms with Crippen molar-refractivity contribution in [2.75, 3.05) is 5.73 Å². The first-order valence-corrected chi connectivity index (χ1v) is 4.79. The monoisotopic (exact) mass is 221 g/mol. The van der Waals surface area contributed by atoms with E-state index in [1.807, 2.05) is 18.2 Å². The second kappa shape index (κ2) is 3.63. The molecule has 0 radical (unpaired) electrons. The second-order valence-corrected chi connectivity index (χ2v) is 3.64. The van der Waals surface area contributed by atoms with Crippen LogP contribution in [-0.4, -0.2) is 0 Å². The molecule has 2 nitrogen and oxygen atoms in total. The summed E-state index contributed by atoms with van der Waals surface area (Å²) in [4.78, 5) is 0. The number of fused-ring (bicyclic) bond motifs is 3. The van der Waals surface area contributed by atoms with Gasteiger partial charge in [-0.15, -0.1) is 12.4 Å². The summed E-state index contributed by atoms with van der Waals surface area (Å²) in [5.41, 5.74) is 8.70. The number of rotatable bonds is 0. The predicted octanol–water partition coefficient (Wildman–Crippen LogP) is 3.09. The first-order chi connectivity index (χ1) is 6.84. The van der Waals surface area contributed by atoms with Crippen molar-refractivity contribution in [2.45, 2.75) is 12.8 Å². The van der Waals surface area contributed by atoms with Crippen LogP contribution in [0, 0.1) is 0 Å². The Balaban J connectivity index is 0.000000853. The second-order valence-electron chi connectivity index (χ2n) is 3.64. The number of nitrogen functional groups attached to an aromatic ring is 1. The molecule has 0 unspecified atom stereocenters. The van der Waals surface area contributed by atoms with Crippen LogP contribution >= 0.6 is 12.4 Å². The maximum absolute atomic E-state index is 5.74. The topological polar surface area (TPSA) is 39.2 Å². The zero-order valence-corrected chi connectivity index (χ0v) is 9.01. The van der Waals surface area contributed by atoms with Crippen molar-refractivity contribution in [3.63, 3.8) is 0 Å². The fraction of sp³-hybridized carbons (Fsp3) is 0.167. The Hall–Kier alpha value is -1.41. The van der Waals surface area contributed by atoms with Gasteiger partial charge < -0.3 is 10.2 Å². The summed E-state index contributed by atoms with van der Waals surface area (Å²) in [6.07, 6.45) is 6.22. The number of furan rings is 1. The number of anilines is 1. The summed E-state index contributed by atoms with van der Waals surface area (Å²) in [7, 11) is 0. The molecule has 3 rings (SSSR count). The lowest BCUT2D eigenvalue weighted by Gasteiger charge is -2.01. The van der Waals surface area contributed by atoms with Gasteiger partial charge in [-0.05, 0) is 18.6 Å². The molecule has 0 aliphatic heterocycles. The van der Waals surface area contributed by atoms with Crippen molar-refractivity contribution in [1.82, 2.24) is 0 Å². The number of halogens is 1. The van der Waals surface area contributed by atoms with Crippen molar-refractivity contribution in [3.05, 3.63) is 41.7 Å². The lowest BCUT2D eigenvalue weighted by molar-refractivity contribution is 0.557. The average molecular weight is 222 g/mol.